The summed E-state index contributed by atoms with van der Waals surface area (Å²) < 4.78 is 5.86. The minimum absolute atomic E-state index is 0.830. The van der Waals surface area contributed by atoms with E-state index in [-0.39, 0.29) is 0 Å². The van der Waals surface area contributed by atoms with Gasteiger partial charge >= 0.3 is 0 Å². The highest BCUT2D eigenvalue weighted by molar-refractivity contribution is 7.16. The molecule has 0 bridgehead atoms. The maximum Gasteiger partial charge on any atom is 0.0931 e. The quantitative estimate of drug-likeness (QED) is 0.701. The number of hydrogen-bond acceptors (Lipinski definition) is 4. The zero-order valence-corrected chi connectivity index (χ0v) is 12.1. The molecule has 0 aliphatic heterocycles. The normalized spacial score (nSPS) is 11.3. The van der Waals surface area contributed by atoms with Gasteiger partial charge in [0.1, 0.15) is 0 Å². The standard InChI is InChI=1S/C12H21ClN2OS/c1-15(8-7-14-6-3-9-16-2)10-11-4-5-12(13)17-11/h4-5,14H,3,6-10H2,1-2H3. The van der Waals surface area contributed by atoms with Crippen LogP contribution in [0, 0.1) is 0 Å². The molecule has 17 heavy (non-hydrogen) atoms. The lowest BCUT2D eigenvalue weighted by molar-refractivity contribution is 0.194. The van der Waals surface area contributed by atoms with Gasteiger partial charge in [0.25, 0.3) is 0 Å². The van der Waals surface area contributed by atoms with Crippen molar-refractivity contribution >= 4 is 22.9 Å². The number of nitrogens with one attached hydrogen (secondary N) is 1. The minimum Gasteiger partial charge on any atom is -0.385 e. The second kappa shape index (κ2) is 8.89. The molecule has 0 amide bonds. The zero-order valence-electron chi connectivity index (χ0n) is 10.5. The number of likely N-dealkylation sites (N-methyl/N-ethyl adjacent to an activating group) is 1. The van der Waals surface area contributed by atoms with Gasteiger partial charge in [-0.1, -0.05) is 11.6 Å². The summed E-state index contributed by atoms with van der Waals surface area (Å²) in [5.41, 5.74) is 0. The molecular formula is C12H21ClN2OS. The molecule has 5 heteroatoms. The van der Waals surface area contributed by atoms with Crippen molar-refractivity contribution in [3.05, 3.63) is 21.3 Å². The summed E-state index contributed by atoms with van der Waals surface area (Å²) in [5, 5.41) is 3.40. The third kappa shape index (κ3) is 7.01. The van der Waals surface area contributed by atoms with Gasteiger partial charge in [-0.3, -0.25) is 0 Å². The molecule has 98 valence electrons. The monoisotopic (exact) mass is 276 g/mol. The van der Waals surface area contributed by atoms with Crippen molar-refractivity contribution in [2.24, 2.45) is 0 Å². The fourth-order valence-corrected chi connectivity index (χ4v) is 2.69. The van der Waals surface area contributed by atoms with Gasteiger partial charge in [0.2, 0.25) is 0 Å². The predicted octanol–water partition coefficient (Wildman–Crippen LogP) is 2.46. The Morgan fingerprint density at radius 2 is 2.24 bits per heavy atom. The summed E-state index contributed by atoms with van der Waals surface area (Å²) in [6, 6.07) is 4.05. The molecule has 0 unspecified atom stereocenters. The number of halogens is 1. The smallest absolute Gasteiger partial charge is 0.0931 e. The Balaban J connectivity index is 2.03. The van der Waals surface area contributed by atoms with E-state index in [0.717, 1.165) is 43.5 Å². The first-order valence-corrected chi connectivity index (χ1v) is 7.04. The minimum atomic E-state index is 0.830. The summed E-state index contributed by atoms with van der Waals surface area (Å²) >= 11 is 7.55. The van der Waals surface area contributed by atoms with Gasteiger partial charge in [-0.15, -0.1) is 11.3 Å². The first-order valence-electron chi connectivity index (χ1n) is 5.85. The van der Waals surface area contributed by atoms with E-state index in [0.29, 0.717) is 0 Å². The largest absolute Gasteiger partial charge is 0.385 e. The van der Waals surface area contributed by atoms with Crippen molar-refractivity contribution in [3.63, 3.8) is 0 Å². The molecule has 0 fully saturated rings. The Morgan fingerprint density at radius 1 is 1.41 bits per heavy atom. The number of nitrogens with zero attached hydrogens (tertiary/aromatic N) is 1. The zero-order chi connectivity index (χ0) is 12.5. The molecule has 1 N–H and O–H groups in total. The van der Waals surface area contributed by atoms with E-state index >= 15 is 0 Å². The highest BCUT2D eigenvalue weighted by atomic mass is 35.5. The summed E-state index contributed by atoms with van der Waals surface area (Å²) in [4.78, 5) is 3.61. The van der Waals surface area contributed by atoms with E-state index in [1.165, 1.54) is 4.88 Å². The molecule has 0 aliphatic carbocycles. The van der Waals surface area contributed by atoms with Crippen LogP contribution >= 0.6 is 22.9 Å². The molecule has 0 aromatic carbocycles. The maximum atomic E-state index is 5.89. The Kier molecular flexibility index (Phi) is 7.81. The van der Waals surface area contributed by atoms with E-state index in [4.69, 9.17) is 16.3 Å². The Bertz CT molecular complexity index is 306. The van der Waals surface area contributed by atoms with E-state index < -0.39 is 0 Å². The van der Waals surface area contributed by atoms with Crippen LogP contribution in [0.15, 0.2) is 12.1 Å². The highest BCUT2D eigenvalue weighted by Crippen LogP contribution is 2.22. The van der Waals surface area contributed by atoms with Gasteiger partial charge < -0.3 is 15.0 Å². The molecule has 1 aromatic heterocycles. The number of methoxy groups -OCH3 is 1. The Labute approximate surface area is 113 Å². The third-order valence-corrected chi connectivity index (χ3v) is 3.64. The Morgan fingerprint density at radius 3 is 2.88 bits per heavy atom. The molecule has 0 aliphatic rings. The van der Waals surface area contributed by atoms with Gasteiger partial charge in [-0.05, 0) is 32.1 Å². The summed E-state index contributed by atoms with van der Waals surface area (Å²) in [6.07, 6.45) is 1.07. The lowest BCUT2D eigenvalue weighted by Gasteiger charge is -2.15. The first kappa shape index (κ1) is 14.9. The van der Waals surface area contributed by atoms with Crippen LogP contribution in [0.3, 0.4) is 0 Å². The molecule has 1 aromatic rings. The van der Waals surface area contributed by atoms with Crippen molar-refractivity contribution < 1.29 is 4.74 Å². The third-order valence-electron chi connectivity index (χ3n) is 2.43. The van der Waals surface area contributed by atoms with Crippen molar-refractivity contribution in [1.29, 1.82) is 0 Å². The van der Waals surface area contributed by atoms with Crippen molar-refractivity contribution in [2.75, 3.05) is 40.4 Å². The van der Waals surface area contributed by atoms with Crippen LogP contribution in [-0.2, 0) is 11.3 Å². The average molecular weight is 277 g/mol. The van der Waals surface area contributed by atoms with Crippen LogP contribution in [0.5, 0.6) is 0 Å². The first-order chi connectivity index (χ1) is 8.22. The molecule has 0 saturated heterocycles. The lowest BCUT2D eigenvalue weighted by atomic mass is 10.4. The van der Waals surface area contributed by atoms with Crippen LogP contribution in [0.4, 0.5) is 0 Å². The summed E-state index contributed by atoms with van der Waals surface area (Å²) in [7, 11) is 3.87. The predicted molar refractivity (Wildman–Crippen MR) is 75.0 cm³/mol. The van der Waals surface area contributed by atoms with E-state index in [1.54, 1.807) is 18.4 Å². The van der Waals surface area contributed by atoms with Crippen LogP contribution in [0.25, 0.3) is 0 Å². The number of ether oxygens (including phenoxy) is 1. The van der Waals surface area contributed by atoms with Gasteiger partial charge in [0.05, 0.1) is 4.34 Å². The molecule has 1 rings (SSSR count). The van der Waals surface area contributed by atoms with Gasteiger partial charge in [0, 0.05) is 38.2 Å². The van der Waals surface area contributed by atoms with Crippen molar-refractivity contribution in [1.82, 2.24) is 10.2 Å². The molecule has 0 radical (unpaired) electrons. The van der Waals surface area contributed by atoms with Crippen molar-refractivity contribution in [2.45, 2.75) is 13.0 Å². The number of thiophene rings is 1. The van der Waals surface area contributed by atoms with E-state index in [9.17, 15) is 0 Å². The van der Waals surface area contributed by atoms with Gasteiger partial charge in [0.15, 0.2) is 0 Å². The molecule has 3 nitrogen and oxygen atoms in total. The van der Waals surface area contributed by atoms with Crippen LogP contribution in [-0.4, -0.2) is 45.3 Å². The average Bonchev–Trinajstić information content (AvgIpc) is 2.69. The molecule has 0 saturated carbocycles. The summed E-state index contributed by atoms with van der Waals surface area (Å²) in [5.74, 6) is 0. The second-order valence-corrected chi connectivity index (χ2v) is 5.84. The second-order valence-electron chi connectivity index (χ2n) is 4.04. The topological polar surface area (TPSA) is 24.5 Å². The fourth-order valence-electron chi connectivity index (χ4n) is 1.52. The molecular weight excluding hydrogens is 256 g/mol. The van der Waals surface area contributed by atoms with E-state index in [1.807, 2.05) is 6.07 Å². The number of hydrogen-bond donors (Lipinski definition) is 1. The molecule has 0 atom stereocenters. The fraction of sp³-hybridized carbons (Fsp3) is 0.667. The molecule has 1 heterocycles. The van der Waals surface area contributed by atoms with Crippen LogP contribution < -0.4 is 5.32 Å². The SMILES string of the molecule is COCCCNCCN(C)Cc1ccc(Cl)s1. The Hall–Kier alpha value is -0.130. The van der Waals surface area contributed by atoms with Crippen LogP contribution in [0.1, 0.15) is 11.3 Å². The van der Waals surface area contributed by atoms with Crippen LogP contribution in [0.2, 0.25) is 4.34 Å². The highest BCUT2D eigenvalue weighted by Gasteiger charge is 2.02. The molecule has 0 spiro atoms. The maximum absolute atomic E-state index is 5.89. The van der Waals surface area contributed by atoms with Gasteiger partial charge in [-0.2, -0.15) is 0 Å². The summed E-state index contributed by atoms with van der Waals surface area (Å²) in [6.45, 7) is 4.88. The van der Waals surface area contributed by atoms with Gasteiger partial charge in [-0.25, -0.2) is 0 Å². The lowest BCUT2D eigenvalue weighted by Crippen LogP contribution is -2.29. The number of rotatable bonds is 9. The van der Waals surface area contributed by atoms with E-state index in [2.05, 4.69) is 23.3 Å². The van der Waals surface area contributed by atoms with Crippen molar-refractivity contribution in [3.8, 4) is 0 Å².